The molecule has 5 nitrogen and oxygen atoms in total. The lowest BCUT2D eigenvalue weighted by atomic mass is 9.96. The first kappa shape index (κ1) is 14.8. The summed E-state index contributed by atoms with van der Waals surface area (Å²) in [5.41, 5.74) is 1.52. The Morgan fingerprint density at radius 1 is 1.40 bits per heavy atom. The molecule has 1 fully saturated rings. The van der Waals surface area contributed by atoms with E-state index < -0.39 is 0 Å². The van der Waals surface area contributed by atoms with E-state index in [0.29, 0.717) is 12.0 Å². The molecule has 0 radical (unpaired) electrons. The summed E-state index contributed by atoms with van der Waals surface area (Å²) < 4.78 is 1.69. The SMILES string of the molecule is CCc1nn(C)cc1C(=O)N1CCCCC1CC(C)=O. The Morgan fingerprint density at radius 2 is 2.15 bits per heavy atom. The first-order chi connectivity index (χ1) is 9.52. The zero-order valence-corrected chi connectivity index (χ0v) is 12.6. The van der Waals surface area contributed by atoms with E-state index in [2.05, 4.69) is 5.10 Å². The number of carbonyl (C=O) groups excluding carboxylic acids is 2. The number of carbonyl (C=O) groups is 2. The second kappa shape index (κ2) is 6.20. The normalized spacial score (nSPS) is 19.1. The van der Waals surface area contributed by atoms with Crippen molar-refractivity contribution in [2.24, 2.45) is 7.05 Å². The van der Waals surface area contributed by atoms with Gasteiger partial charge in [0.15, 0.2) is 0 Å². The van der Waals surface area contributed by atoms with Gasteiger partial charge in [-0.15, -0.1) is 0 Å². The van der Waals surface area contributed by atoms with Crippen molar-refractivity contribution < 1.29 is 9.59 Å². The van der Waals surface area contributed by atoms with Crippen molar-refractivity contribution in [2.45, 2.75) is 52.0 Å². The molecule has 0 spiro atoms. The fourth-order valence-electron chi connectivity index (χ4n) is 2.94. The molecule has 1 amide bonds. The summed E-state index contributed by atoms with van der Waals surface area (Å²) in [7, 11) is 1.83. The smallest absolute Gasteiger partial charge is 0.257 e. The molecule has 1 aliphatic rings. The third-order valence-corrected chi connectivity index (χ3v) is 3.88. The topological polar surface area (TPSA) is 55.2 Å². The molecular weight excluding hydrogens is 254 g/mol. The van der Waals surface area contributed by atoms with E-state index in [1.807, 2.05) is 18.9 Å². The van der Waals surface area contributed by atoms with Gasteiger partial charge in [-0.25, -0.2) is 0 Å². The van der Waals surface area contributed by atoms with Crippen molar-refractivity contribution in [1.82, 2.24) is 14.7 Å². The van der Waals surface area contributed by atoms with Crippen LogP contribution in [-0.4, -0.2) is 39.0 Å². The van der Waals surface area contributed by atoms with Gasteiger partial charge in [0, 0.05) is 32.3 Å². The van der Waals surface area contributed by atoms with Crippen molar-refractivity contribution in [3.05, 3.63) is 17.5 Å². The van der Waals surface area contributed by atoms with Crippen LogP contribution in [0.5, 0.6) is 0 Å². The summed E-state index contributed by atoms with van der Waals surface area (Å²) in [5.74, 6) is 0.178. The van der Waals surface area contributed by atoms with E-state index in [1.54, 1.807) is 17.8 Å². The monoisotopic (exact) mass is 277 g/mol. The summed E-state index contributed by atoms with van der Waals surface area (Å²) in [5, 5.41) is 4.33. The molecular formula is C15H23N3O2. The van der Waals surface area contributed by atoms with Crippen LogP contribution in [0.15, 0.2) is 6.20 Å². The maximum atomic E-state index is 12.7. The van der Waals surface area contributed by atoms with Gasteiger partial charge in [0.2, 0.25) is 0 Å². The molecule has 2 rings (SSSR count). The molecule has 1 atom stereocenters. The van der Waals surface area contributed by atoms with Crippen molar-refractivity contribution >= 4 is 11.7 Å². The van der Waals surface area contributed by atoms with E-state index in [-0.39, 0.29) is 17.7 Å². The Labute approximate surface area is 119 Å². The highest BCUT2D eigenvalue weighted by molar-refractivity contribution is 5.95. The molecule has 0 aliphatic carbocycles. The van der Waals surface area contributed by atoms with E-state index in [1.165, 1.54) is 0 Å². The summed E-state index contributed by atoms with van der Waals surface area (Å²) in [6, 6.07) is 0.0543. The number of aromatic nitrogens is 2. The van der Waals surface area contributed by atoms with Crippen LogP contribution < -0.4 is 0 Å². The number of nitrogens with zero attached hydrogens (tertiary/aromatic N) is 3. The van der Waals surface area contributed by atoms with Gasteiger partial charge >= 0.3 is 0 Å². The van der Waals surface area contributed by atoms with Crippen LogP contribution in [0, 0.1) is 0 Å². The zero-order valence-electron chi connectivity index (χ0n) is 12.6. The van der Waals surface area contributed by atoms with Crippen LogP contribution in [0.4, 0.5) is 0 Å². The van der Waals surface area contributed by atoms with Crippen molar-refractivity contribution in [1.29, 1.82) is 0 Å². The molecule has 0 aromatic carbocycles. The maximum Gasteiger partial charge on any atom is 0.257 e. The fourth-order valence-corrected chi connectivity index (χ4v) is 2.94. The zero-order chi connectivity index (χ0) is 14.7. The average Bonchev–Trinajstić information content (AvgIpc) is 2.79. The summed E-state index contributed by atoms with van der Waals surface area (Å²) in [4.78, 5) is 26.0. The molecule has 1 unspecified atom stereocenters. The summed E-state index contributed by atoms with van der Waals surface area (Å²) >= 11 is 0. The number of hydrogen-bond acceptors (Lipinski definition) is 3. The van der Waals surface area contributed by atoms with Crippen molar-refractivity contribution in [3.8, 4) is 0 Å². The van der Waals surface area contributed by atoms with Gasteiger partial charge in [0.25, 0.3) is 5.91 Å². The summed E-state index contributed by atoms with van der Waals surface area (Å²) in [6.07, 6.45) is 6.03. The van der Waals surface area contributed by atoms with Gasteiger partial charge in [-0.1, -0.05) is 6.92 Å². The lowest BCUT2D eigenvalue weighted by Gasteiger charge is -2.35. The van der Waals surface area contributed by atoms with Crippen LogP contribution in [0.25, 0.3) is 0 Å². The molecule has 0 N–H and O–H groups in total. The number of ketones is 1. The highest BCUT2D eigenvalue weighted by atomic mass is 16.2. The molecule has 1 aliphatic heterocycles. The lowest BCUT2D eigenvalue weighted by molar-refractivity contribution is -0.118. The van der Waals surface area contributed by atoms with Crippen LogP contribution >= 0.6 is 0 Å². The molecule has 2 heterocycles. The minimum atomic E-state index is 0.0286. The van der Waals surface area contributed by atoms with Gasteiger partial charge < -0.3 is 4.90 Å². The molecule has 5 heteroatoms. The molecule has 0 bridgehead atoms. The Kier molecular flexibility index (Phi) is 4.57. The maximum absolute atomic E-state index is 12.7. The molecule has 1 aromatic rings. The highest BCUT2D eigenvalue weighted by Crippen LogP contribution is 2.23. The second-order valence-corrected chi connectivity index (χ2v) is 5.57. The molecule has 0 saturated carbocycles. The fraction of sp³-hybridized carbons (Fsp3) is 0.667. The molecule has 1 aromatic heterocycles. The van der Waals surface area contributed by atoms with Gasteiger partial charge in [-0.3, -0.25) is 14.3 Å². The van der Waals surface area contributed by atoms with Crippen LogP contribution in [0.1, 0.15) is 55.6 Å². The van der Waals surface area contributed by atoms with Gasteiger partial charge in [0.1, 0.15) is 5.78 Å². The van der Waals surface area contributed by atoms with Crippen LogP contribution in [0.3, 0.4) is 0 Å². The van der Waals surface area contributed by atoms with Gasteiger partial charge in [-0.2, -0.15) is 5.10 Å². The number of piperidine rings is 1. The molecule has 1 saturated heterocycles. The number of rotatable bonds is 4. The van der Waals surface area contributed by atoms with Crippen molar-refractivity contribution in [3.63, 3.8) is 0 Å². The average molecular weight is 277 g/mol. The third-order valence-electron chi connectivity index (χ3n) is 3.88. The first-order valence-electron chi connectivity index (χ1n) is 7.35. The number of aryl methyl sites for hydroxylation is 2. The predicted octanol–water partition coefficient (Wildman–Crippen LogP) is 1.96. The van der Waals surface area contributed by atoms with E-state index in [4.69, 9.17) is 0 Å². The predicted molar refractivity (Wildman–Crippen MR) is 76.6 cm³/mol. The van der Waals surface area contributed by atoms with Gasteiger partial charge in [-0.05, 0) is 32.6 Å². The summed E-state index contributed by atoms with van der Waals surface area (Å²) in [6.45, 7) is 4.34. The Balaban J connectivity index is 2.22. The molecule has 20 heavy (non-hydrogen) atoms. The van der Waals surface area contributed by atoms with E-state index in [0.717, 1.165) is 37.9 Å². The molecule has 110 valence electrons. The largest absolute Gasteiger partial charge is 0.335 e. The standard InChI is InChI=1S/C15H23N3O2/c1-4-14-13(10-17(3)16-14)15(20)18-8-6-5-7-12(18)9-11(2)19/h10,12H,4-9H2,1-3H3. The second-order valence-electron chi connectivity index (χ2n) is 5.57. The first-order valence-corrected chi connectivity index (χ1v) is 7.35. The minimum absolute atomic E-state index is 0.0286. The van der Waals surface area contributed by atoms with E-state index in [9.17, 15) is 9.59 Å². The Morgan fingerprint density at radius 3 is 2.80 bits per heavy atom. The van der Waals surface area contributed by atoms with E-state index >= 15 is 0 Å². The van der Waals surface area contributed by atoms with Crippen LogP contribution in [0.2, 0.25) is 0 Å². The quantitative estimate of drug-likeness (QED) is 0.845. The number of hydrogen-bond donors (Lipinski definition) is 0. The minimum Gasteiger partial charge on any atom is -0.335 e. The number of Topliss-reactive ketones (excluding diaryl/α,β-unsaturated/α-hetero) is 1. The third kappa shape index (κ3) is 3.08. The number of amides is 1. The highest BCUT2D eigenvalue weighted by Gasteiger charge is 2.30. The Bertz CT molecular complexity index is 507. The van der Waals surface area contributed by atoms with Gasteiger partial charge in [0.05, 0.1) is 11.3 Å². The van der Waals surface area contributed by atoms with Crippen LogP contribution in [-0.2, 0) is 18.3 Å². The number of likely N-dealkylation sites (tertiary alicyclic amines) is 1. The Hall–Kier alpha value is -1.65. The van der Waals surface area contributed by atoms with Crippen molar-refractivity contribution in [2.75, 3.05) is 6.54 Å². The lowest BCUT2D eigenvalue weighted by Crippen LogP contribution is -2.44.